The van der Waals surface area contributed by atoms with Crippen molar-refractivity contribution >= 4 is 32.6 Å². The third-order valence-electron chi connectivity index (χ3n) is 4.20. The highest BCUT2D eigenvalue weighted by atomic mass is 32.1. The second-order valence-corrected chi connectivity index (χ2v) is 7.10. The van der Waals surface area contributed by atoms with E-state index in [2.05, 4.69) is 9.97 Å². The van der Waals surface area contributed by atoms with Gasteiger partial charge in [0.2, 0.25) is 0 Å². The number of benzene rings is 2. The van der Waals surface area contributed by atoms with Gasteiger partial charge < -0.3 is 4.74 Å². The molecule has 2 aromatic carbocycles. The minimum atomic E-state index is -0.333. The van der Waals surface area contributed by atoms with E-state index >= 15 is 0 Å². The fraction of sp³-hybridized carbons (Fsp3) is 0.0952. The number of aromatic nitrogens is 2. The number of halogens is 1. The van der Waals surface area contributed by atoms with E-state index < -0.39 is 0 Å². The van der Waals surface area contributed by atoms with Crippen LogP contribution in [0.4, 0.5) is 9.52 Å². The topological polar surface area (TPSA) is 55.3 Å². The number of pyridine rings is 1. The van der Waals surface area contributed by atoms with E-state index in [0.717, 1.165) is 5.56 Å². The van der Waals surface area contributed by atoms with Crippen LogP contribution >= 0.6 is 11.3 Å². The number of carbonyl (C=O) groups excluding carboxylic acids is 1. The Labute approximate surface area is 165 Å². The van der Waals surface area contributed by atoms with Crippen LogP contribution < -0.4 is 9.64 Å². The minimum Gasteiger partial charge on any atom is -0.497 e. The van der Waals surface area contributed by atoms with E-state index in [1.165, 1.54) is 23.5 Å². The Morgan fingerprint density at radius 1 is 1.18 bits per heavy atom. The van der Waals surface area contributed by atoms with Crippen LogP contribution in [-0.2, 0) is 6.54 Å². The molecule has 2 heterocycles. The Balaban J connectivity index is 1.77. The standard InChI is InChI=1S/C21H16FN3O2S/c1-27-17-6-2-5-15(10-17)20(26)25(13-14-4-3-9-23-12-14)21-24-18-8-7-16(22)11-19(18)28-21/h2-12H,13H2,1H3. The fourth-order valence-electron chi connectivity index (χ4n) is 2.81. The Morgan fingerprint density at radius 2 is 2.07 bits per heavy atom. The molecule has 2 aromatic heterocycles. The molecule has 28 heavy (non-hydrogen) atoms. The zero-order chi connectivity index (χ0) is 19.5. The molecule has 0 atom stereocenters. The SMILES string of the molecule is COc1cccc(C(=O)N(Cc2cccnc2)c2nc3ccc(F)cc3s2)c1. The zero-order valence-corrected chi connectivity index (χ0v) is 15.8. The number of amides is 1. The van der Waals surface area contributed by atoms with Gasteiger partial charge in [-0.05, 0) is 48.0 Å². The molecule has 7 heteroatoms. The average molecular weight is 393 g/mol. The van der Waals surface area contributed by atoms with E-state index in [-0.39, 0.29) is 11.7 Å². The van der Waals surface area contributed by atoms with Gasteiger partial charge in [0.05, 0.1) is 23.9 Å². The van der Waals surface area contributed by atoms with Crippen LogP contribution in [-0.4, -0.2) is 23.0 Å². The molecule has 0 saturated carbocycles. The molecule has 0 unspecified atom stereocenters. The third kappa shape index (κ3) is 3.70. The largest absolute Gasteiger partial charge is 0.497 e. The molecule has 0 fully saturated rings. The predicted octanol–water partition coefficient (Wildman–Crippen LogP) is 4.69. The summed E-state index contributed by atoms with van der Waals surface area (Å²) in [4.78, 5) is 23.5. The molecule has 1 amide bonds. The van der Waals surface area contributed by atoms with Crippen molar-refractivity contribution in [3.8, 4) is 5.75 Å². The first-order valence-corrected chi connectivity index (χ1v) is 9.36. The fourth-order valence-corrected chi connectivity index (χ4v) is 3.80. The number of hydrogen-bond donors (Lipinski definition) is 0. The number of thiazole rings is 1. The van der Waals surface area contributed by atoms with Gasteiger partial charge in [-0.15, -0.1) is 0 Å². The van der Waals surface area contributed by atoms with Crippen molar-refractivity contribution in [2.24, 2.45) is 0 Å². The summed E-state index contributed by atoms with van der Waals surface area (Å²) >= 11 is 1.27. The third-order valence-corrected chi connectivity index (χ3v) is 5.24. The van der Waals surface area contributed by atoms with E-state index in [1.54, 1.807) is 54.7 Å². The number of anilines is 1. The molecule has 4 aromatic rings. The number of nitrogens with zero attached hydrogens (tertiary/aromatic N) is 3. The average Bonchev–Trinajstić information content (AvgIpc) is 3.15. The summed E-state index contributed by atoms with van der Waals surface area (Å²) in [5, 5.41) is 0.497. The van der Waals surface area contributed by atoms with Gasteiger partial charge in [0, 0.05) is 18.0 Å². The van der Waals surface area contributed by atoms with Gasteiger partial charge in [0.1, 0.15) is 11.6 Å². The van der Waals surface area contributed by atoms with Crippen molar-refractivity contribution in [1.29, 1.82) is 0 Å². The monoisotopic (exact) mass is 393 g/mol. The van der Waals surface area contributed by atoms with Crippen LogP contribution in [0.25, 0.3) is 10.2 Å². The highest BCUT2D eigenvalue weighted by Crippen LogP contribution is 2.31. The summed E-state index contributed by atoms with van der Waals surface area (Å²) in [5.41, 5.74) is 1.99. The molecule has 140 valence electrons. The first-order chi connectivity index (χ1) is 13.6. The van der Waals surface area contributed by atoms with Gasteiger partial charge in [-0.1, -0.05) is 23.5 Å². The van der Waals surface area contributed by atoms with Crippen molar-refractivity contribution in [2.75, 3.05) is 12.0 Å². The summed E-state index contributed by atoms with van der Waals surface area (Å²) in [6.45, 7) is 0.298. The summed E-state index contributed by atoms with van der Waals surface area (Å²) in [7, 11) is 1.55. The molecule has 0 N–H and O–H groups in total. The summed E-state index contributed by atoms with van der Waals surface area (Å²) < 4.78 is 19.5. The van der Waals surface area contributed by atoms with Crippen LogP contribution in [0.1, 0.15) is 15.9 Å². The molecule has 0 saturated heterocycles. The van der Waals surface area contributed by atoms with E-state index in [0.29, 0.717) is 33.2 Å². The second kappa shape index (κ2) is 7.74. The summed E-state index contributed by atoms with van der Waals surface area (Å²) in [5.74, 6) is 0.0430. The predicted molar refractivity (Wildman–Crippen MR) is 107 cm³/mol. The quantitative estimate of drug-likeness (QED) is 0.494. The van der Waals surface area contributed by atoms with Crippen LogP contribution in [0.2, 0.25) is 0 Å². The van der Waals surface area contributed by atoms with Gasteiger partial charge >= 0.3 is 0 Å². The second-order valence-electron chi connectivity index (χ2n) is 6.09. The minimum absolute atomic E-state index is 0.220. The molecular formula is C21H16FN3O2S. The maximum absolute atomic E-state index is 13.6. The number of fused-ring (bicyclic) bond motifs is 1. The molecular weight excluding hydrogens is 377 g/mol. The van der Waals surface area contributed by atoms with Crippen molar-refractivity contribution < 1.29 is 13.9 Å². The highest BCUT2D eigenvalue weighted by molar-refractivity contribution is 7.22. The van der Waals surface area contributed by atoms with Crippen LogP contribution in [0.15, 0.2) is 67.0 Å². The Kier molecular flexibility index (Phi) is 4.99. The lowest BCUT2D eigenvalue weighted by Gasteiger charge is -2.20. The number of methoxy groups -OCH3 is 1. The van der Waals surface area contributed by atoms with Crippen molar-refractivity contribution in [1.82, 2.24) is 9.97 Å². The van der Waals surface area contributed by atoms with Gasteiger partial charge in [-0.2, -0.15) is 0 Å². The van der Waals surface area contributed by atoms with Crippen molar-refractivity contribution in [3.63, 3.8) is 0 Å². The van der Waals surface area contributed by atoms with E-state index in [9.17, 15) is 9.18 Å². The normalized spacial score (nSPS) is 10.8. The van der Waals surface area contributed by atoms with Crippen molar-refractivity contribution in [3.05, 3.63) is 83.9 Å². The zero-order valence-electron chi connectivity index (χ0n) is 15.0. The summed E-state index contributed by atoms with van der Waals surface area (Å²) in [6, 6.07) is 15.1. The maximum atomic E-state index is 13.6. The van der Waals surface area contributed by atoms with Gasteiger partial charge in [-0.3, -0.25) is 14.7 Å². The lowest BCUT2D eigenvalue weighted by molar-refractivity contribution is 0.0985. The molecule has 0 aliphatic carbocycles. The lowest BCUT2D eigenvalue weighted by atomic mass is 10.1. The van der Waals surface area contributed by atoms with Crippen LogP contribution in [0.5, 0.6) is 5.75 Å². The molecule has 5 nitrogen and oxygen atoms in total. The molecule has 0 aliphatic heterocycles. The van der Waals surface area contributed by atoms with Gasteiger partial charge in [-0.25, -0.2) is 9.37 Å². The molecule has 0 aliphatic rings. The van der Waals surface area contributed by atoms with Crippen LogP contribution in [0, 0.1) is 5.82 Å². The number of ether oxygens (including phenoxy) is 1. The molecule has 4 rings (SSSR count). The summed E-state index contributed by atoms with van der Waals surface area (Å²) in [6.07, 6.45) is 3.39. The molecule has 0 radical (unpaired) electrons. The van der Waals surface area contributed by atoms with E-state index in [4.69, 9.17) is 4.74 Å². The first kappa shape index (κ1) is 18.1. The maximum Gasteiger partial charge on any atom is 0.260 e. The van der Waals surface area contributed by atoms with Gasteiger partial charge in [0.15, 0.2) is 5.13 Å². The van der Waals surface area contributed by atoms with E-state index in [1.807, 2.05) is 12.1 Å². The number of carbonyl (C=O) groups is 1. The smallest absolute Gasteiger partial charge is 0.260 e. The number of hydrogen-bond acceptors (Lipinski definition) is 5. The number of rotatable bonds is 5. The molecule has 0 spiro atoms. The van der Waals surface area contributed by atoms with Crippen LogP contribution in [0.3, 0.4) is 0 Å². The van der Waals surface area contributed by atoms with Gasteiger partial charge in [0.25, 0.3) is 5.91 Å². The molecule has 0 bridgehead atoms. The Morgan fingerprint density at radius 3 is 2.86 bits per heavy atom. The van der Waals surface area contributed by atoms with Crippen molar-refractivity contribution in [2.45, 2.75) is 6.54 Å². The highest BCUT2D eigenvalue weighted by Gasteiger charge is 2.22. The Hall–Kier alpha value is -3.32. The first-order valence-electron chi connectivity index (χ1n) is 8.55. The lowest BCUT2D eigenvalue weighted by Crippen LogP contribution is -2.30. The Bertz CT molecular complexity index is 1130.